The summed E-state index contributed by atoms with van der Waals surface area (Å²) < 4.78 is 0. The quantitative estimate of drug-likeness (QED) is 0.845. The van der Waals surface area contributed by atoms with E-state index in [2.05, 4.69) is 29.0 Å². The Balaban J connectivity index is 2.04. The molecule has 3 nitrogen and oxygen atoms in total. The molecule has 2 rings (SSSR count). The first-order valence-electron chi connectivity index (χ1n) is 6.37. The lowest BCUT2D eigenvalue weighted by Crippen LogP contribution is -2.23. The van der Waals surface area contributed by atoms with Crippen molar-refractivity contribution >= 4 is 17.4 Å². The van der Waals surface area contributed by atoms with E-state index in [1.54, 1.807) is 0 Å². The van der Waals surface area contributed by atoms with Crippen LogP contribution >= 0.6 is 11.6 Å². The molecule has 1 N–H and O–H groups in total. The molecule has 1 heterocycles. The second kappa shape index (κ2) is 5.69. The van der Waals surface area contributed by atoms with Crippen LogP contribution < -0.4 is 10.2 Å². The SMILES string of the molecule is CCN(CC)c1ncc(CNC2CC2)cc1Cl. The van der Waals surface area contributed by atoms with E-state index in [0.717, 1.165) is 42.1 Å². The summed E-state index contributed by atoms with van der Waals surface area (Å²) in [4.78, 5) is 6.64. The largest absolute Gasteiger partial charge is 0.356 e. The van der Waals surface area contributed by atoms with Gasteiger partial charge in [-0.05, 0) is 38.3 Å². The topological polar surface area (TPSA) is 28.2 Å². The maximum absolute atomic E-state index is 6.28. The van der Waals surface area contributed by atoms with Gasteiger partial charge in [-0.2, -0.15) is 0 Å². The highest BCUT2D eigenvalue weighted by molar-refractivity contribution is 6.33. The van der Waals surface area contributed by atoms with Gasteiger partial charge in [-0.3, -0.25) is 0 Å². The molecule has 94 valence electrons. The second-order valence-corrected chi connectivity index (χ2v) is 4.88. The lowest BCUT2D eigenvalue weighted by Gasteiger charge is -2.21. The molecule has 1 aromatic heterocycles. The molecule has 0 saturated heterocycles. The van der Waals surface area contributed by atoms with E-state index in [-0.39, 0.29) is 0 Å². The molecular weight excluding hydrogens is 234 g/mol. The van der Waals surface area contributed by atoms with E-state index < -0.39 is 0 Å². The molecule has 1 aromatic rings. The number of nitrogens with one attached hydrogen (secondary N) is 1. The molecule has 1 saturated carbocycles. The molecule has 0 spiro atoms. The monoisotopic (exact) mass is 253 g/mol. The number of aromatic nitrogens is 1. The number of halogens is 1. The van der Waals surface area contributed by atoms with Gasteiger partial charge in [0.05, 0.1) is 5.02 Å². The van der Waals surface area contributed by atoms with E-state index >= 15 is 0 Å². The fourth-order valence-electron chi connectivity index (χ4n) is 1.87. The minimum Gasteiger partial charge on any atom is -0.356 e. The fourth-order valence-corrected chi connectivity index (χ4v) is 2.18. The third-order valence-electron chi connectivity index (χ3n) is 3.11. The van der Waals surface area contributed by atoms with Crippen molar-refractivity contribution in [1.29, 1.82) is 0 Å². The number of anilines is 1. The minimum absolute atomic E-state index is 0.719. The first-order chi connectivity index (χ1) is 8.24. The molecule has 1 aliphatic carbocycles. The predicted molar refractivity (Wildman–Crippen MR) is 72.7 cm³/mol. The Kier molecular flexibility index (Phi) is 4.24. The Hall–Kier alpha value is -0.800. The van der Waals surface area contributed by atoms with Gasteiger partial charge in [0.2, 0.25) is 0 Å². The van der Waals surface area contributed by atoms with Crippen LogP contribution in [0.4, 0.5) is 5.82 Å². The first-order valence-corrected chi connectivity index (χ1v) is 6.75. The summed E-state index contributed by atoms with van der Waals surface area (Å²) in [6, 6.07) is 2.74. The molecular formula is C13H20ClN3. The molecule has 0 unspecified atom stereocenters. The Morgan fingerprint density at radius 1 is 1.41 bits per heavy atom. The van der Waals surface area contributed by atoms with Gasteiger partial charge in [0.25, 0.3) is 0 Å². The standard InChI is InChI=1S/C13H20ClN3/c1-3-17(4-2)13-12(14)7-10(9-16-13)8-15-11-5-6-11/h7,9,11,15H,3-6,8H2,1-2H3. The number of hydrogen-bond donors (Lipinski definition) is 1. The third kappa shape index (κ3) is 3.33. The van der Waals surface area contributed by atoms with Gasteiger partial charge >= 0.3 is 0 Å². The van der Waals surface area contributed by atoms with Gasteiger partial charge in [0, 0.05) is 31.9 Å². The van der Waals surface area contributed by atoms with Crippen molar-refractivity contribution in [2.45, 2.75) is 39.3 Å². The van der Waals surface area contributed by atoms with E-state index in [1.807, 2.05) is 12.3 Å². The van der Waals surface area contributed by atoms with Gasteiger partial charge in [-0.15, -0.1) is 0 Å². The van der Waals surface area contributed by atoms with Crippen molar-refractivity contribution in [3.8, 4) is 0 Å². The number of hydrogen-bond acceptors (Lipinski definition) is 3. The van der Waals surface area contributed by atoms with Gasteiger partial charge in [-0.1, -0.05) is 11.6 Å². The molecule has 0 amide bonds. The van der Waals surface area contributed by atoms with Gasteiger partial charge in [0.1, 0.15) is 5.82 Å². The molecule has 0 radical (unpaired) electrons. The summed E-state index contributed by atoms with van der Waals surface area (Å²) in [6.45, 7) is 6.97. The van der Waals surface area contributed by atoms with Crippen LogP contribution in [0.1, 0.15) is 32.3 Å². The zero-order chi connectivity index (χ0) is 12.3. The van der Waals surface area contributed by atoms with Gasteiger partial charge in [-0.25, -0.2) is 4.98 Å². The molecule has 17 heavy (non-hydrogen) atoms. The summed E-state index contributed by atoms with van der Waals surface area (Å²) in [5.74, 6) is 0.895. The normalized spacial score (nSPS) is 15.0. The van der Waals surface area contributed by atoms with Crippen LogP contribution in [0, 0.1) is 0 Å². The summed E-state index contributed by atoms with van der Waals surface area (Å²) >= 11 is 6.28. The van der Waals surface area contributed by atoms with Crippen LogP contribution in [-0.4, -0.2) is 24.1 Å². The summed E-state index contributed by atoms with van der Waals surface area (Å²) in [6.07, 6.45) is 4.53. The van der Waals surface area contributed by atoms with Crippen LogP contribution in [-0.2, 0) is 6.54 Å². The lowest BCUT2D eigenvalue weighted by molar-refractivity contribution is 0.685. The van der Waals surface area contributed by atoms with Crippen molar-refractivity contribution < 1.29 is 0 Å². The number of nitrogens with zero attached hydrogens (tertiary/aromatic N) is 2. The minimum atomic E-state index is 0.719. The van der Waals surface area contributed by atoms with Crippen molar-refractivity contribution in [3.05, 3.63) is 22.8 Å². The van der Waals surface area contributed by atoms with Crippen LogP contribution in [0.3, 0.4) is 0 Å². The molecule has 0 aromatic carbocycles. The maximum atomic E-state index is 6.28. The Bertz CT molecular complexity index is 373. The second-order valence-electron chi connectivity index (χ2n) is 4.48. The highest BCUT2D eigenvalue weighted by Gasteiger charge is 2.20. The van der Waals surface area contributed by atoms with Crippen molar-refractivity contribution in [3.63, 3.8) is 0 Å². The summed E-state index contributed by atoms with van der Waals surface area (Å²) in [5, 5.41) is 4.22. The lowest BCUT2D eigenvalue weighted by atomic mass is 10.2. The summed E-state index contributed by atoms with van der Waals surface area (Å²) in [5.41, 5.74) is 1.16. The van der Waals surface area contributed by atoms with Crippen LogP contribution in [0.5, 0.6) is 0 Å². The molecule has 0 aliphatic heterocycles. The van der Waals surface area contributed by atoms with Gasteiger partial charge in [0.15, 0.2) is 0 Å². The first kappa shape index (κ1) is 12.7. The number of pyridine rings is 1. The maximum Gasteiger partial charge on any atom is 0.147 e. The van der Waals surface area contributed by atoms with E-state index in [4.69, 9.17) is 11.6 Å². The molecule has 0 atom stereocenters. The van der Waals surface area contributed by atoms with E-state index in [9.17, 15) is 0 Å². The average molecular weight is 254 g/mol. The Labute approximate surface area is 108 Å². The van der Waals surface area contributed by atoms with E-state index in [1.165, 1.54) is 12.8 Å². The Morgan fingerprint density at radius 2 is 2.12 bits per heavy atom. The average Bonchev–Trinajstić information content (AvgIpc) is 3.14. The van der Waals surface area contributed by atoms with Crippen LogP contribution in [0.15, 0.2) is 12.3 Å². The van der Waals surface area contributed by atoms with E-state index in [0.29, 0.717) is 0 Å². The van der Waals surface area contributed by atoms with Crippen LogP contribution in [0.2, 0.25) is 5.02 Å². The zero-order valence-corrected chi connectivity index (χ0v) is 11.3. The summed E-state index contributed by atoms with van der Waals surface area (Å²) in [7, 11) is 0. The Morgan fingerprint density at radius 3 is 2.65 bits per heavy atom. The smallest absolute Gasteiger partial charge is 0.147 e. The molecule has 0 bridgehead atoms. The third-order valence-corrected chi connectivity index (χ3v) is 3.39. The molecule has 4 heteroatoms. The van der Waals surface area contributed by atoms with Crippen molar-refractivity contribution in [1.82, 2.24) is 10.3 Å². The van der Waals surface area contributed by atoms with Crippen LogP contribution in [0.25, 0.3) is 0 Å². The molecule has 1 fully saturated rings. The molecule has 1 aliphatic rings. The highest BCUT2D eigenvalue weighted by atomic mass is 35.5. The number of rotatable bonds is 6. The highest BCUT2D eigenvalue weighted by Crippen LogP contribution is 2.24. The predicted octanol–water partition coefficient (Wildman–Crippen LogP) is 2.83. The van der Waals surface area contributed by atoms with Gasteiger partial charge < -0.3 is 10.2 Å². The van der Waals surface area contributed by atoms with Crippen molar-refractivity contribution in [2.75, 3.05) is 18.0 Å². The van der Waals surface area contributed by atoms with Crippen molar-refractivity contribution in [2.24, 2.45) is 0 Å². The fraction of sp³-hybridized carbons (Fsp3) is 0.615. The zero-order valence-electron chi connectivity index (χ0n) is 10.5.